The van der Waals surface area contributed by atoms with Crippen LogP contribution >= 0.6 is 23.2 Å². The number of esters is 2. The largest absolute Gasteiger partial charge is 0.465 e. The van der Waals surface area contributed by atoms with Crippen molar-refractivity contribution in [2.24, 2.45) is 0 Å². The van der Waals surface area contributed by atoms with Gasteiger partial charge in [-0.05, 0) is 48.9 Å². The summed E-state index contributed by atoms with van der Waals surface area (Å²) in [5.41, 5.74) is 1.29. The SMILES string of the molecule is COC(=O)c1ccc(C(=O)OCC(=O)N[C@@H](C)c2ccc(Cl)c(Cl)c2)cc1. The number of hydrogen-bond donors (Lipinski definition) is 1. The first-order valence-electron chi connectivity index (χ1n) is 7.91. The van der Waals surface area contributed by atoms with Crippen molar-refractivity contribution in [2.75, 3.05) is 13.7 Å². The highest BCUT2D eigenvalue weighted by Gasteiger charge is 2.15. The summed E-state index contributed by atoms with van der Waals surface area (Å²) in [6.45, 7) is 1.33. The van der Waals surface area contributed by atoms with E-state index in [1.165, 1.54) is 31.4 Å². The predicted molar refractivity (Wildman–Crippen MR) is 101 cm³/mol. The van der Waals surface area contributed by atoms with Crippen LogP contribution in [0.2, 0.25) is 10.0 Å². The molecule has 0 saturated carbocycles. The Morgan fingerprint density at radius 2 is 1.56 bits per heavy atom. The minimum absolute atomic E-state index is 0.216. The van der Waals surface area contributed by atoms with E-state index in [4.69, 9.17) is 27.9 Å². The average molecular weight is 410 g/mol. The van der Waals surface area contributed by atoms with Gasteiger partial charge >= 0.3 is 11.9 Å². The van der Waals surface area contributed by atoms with Gasteiger partial charge in [0.15, 0.2) is 6.61 Å². The van der Waals surface area contributed by atoms with Crippen LogP contribution in [0.1, 0.15) is 39.2 Å². The fraction of sp³-hybridized carbons (Fsp3) is 0.211. The monoisotopic (exact) mass is 409 g/mol. The summed E-state index contributed by atoms with van der Waals surface area (Å²) in [6.07, 6.45) is 0. The molecule has 142 valence electrons. The Hall–Kier alpha value is -2.57. The summed E-state index contributed by atoms with van der Waals surface area (Å²) in [7, 11) is 1.27. The van der Waals surface area contributed by atoms with Crippen molar-refractivity contribution >= 4 is 41.0 Å². The van der Waals surface area contributed by atoms with Gasteiger partial charge in [0.1, 0.15) is 0 Å². The van der Waals surface area contributed by atoms with Gasteiger partial charge in [0.2, 0.25) is 0 Å². The zero-order valence-electron chi connectivity index (χ0n) is 14.6. The molecule has 8 heteroatoms. The summed E-state index contributed by atoms with van der Waals surface area (Å²) >= 11 is 11.8. The van der Waals surface area contributed by atoms with E-state index in [0.29, 0.717) is 15.6 Å². The Kier molecular flexibility index (Phi) is 7.21. The lowest BCUT2D eigenvalue weighted by Gasteiger charge is -2.15. The molecule has 0 unspecified atom stereocenters. The summed E-state index contributed by atoms with van der Waals surface area (Å²) in [4.78, 5) is 35.3. The minimum atomic E-state index is -0.677. The number of benzene rings is 2. The van der Waals surface area contributed by atoms with Crippen molar-refractivity contribution in [2.45, 2.75) is 13.0 Å². The maximum absolute atomic E-state index is 12.0. The van der Waals surface area contributed by atoms with Crippen LogP contribution in [0, 0.1) is 0 Å². The molecule has 27 heavy (non-hydrogen) atoms. The second-order valence-corrected chi connectivity index (χ2v) is 6.42. The molecule has 0 aromatic heterocycles. The van der Waals surface area contributed by atoms with E-state index in [9.17, 15) is 14.4 Å². The number of nitrogens with one attached hydrogen (secondary N) is 1. The van der Waals surface area contributed by atoms with Crippen LogP contribution in [-0.2, 0) is 14.3 Å². The Balaban J connectivity index is 1.88. The third-order valence-corrected chi connectivity index (χ3v) is 4.44. The van der Waals surface area contributed by atoms with E-state index in [0.717, 1.165) is 5.56 Å². The average Bonchev–Trinajstić information content (AvgIpc) is 2.67. The number of amides is 1. The lowest BCUT2D eigenvalue weighted by molar-refractivity contribution is -0.124. The van der Waals surface area contributed by atoms with Gasteiger partial charge in [-0.15, -0.1) is 0 Å². The molecule has 0 aliphatic carbocycles. The first-order valence-corrected chi connectivity index (χ1v) is 8.67. The molecule has 0 fully saturated rings. The van der Waals surface area contributed by atoms with Crippen LogP contribution in [0.4, 0.5) is 0 Å². The van der Waals surface area contributed by atoms with E-state index in [2.05, 4.69) is 10.1 Å². The van der Waals surface area contributed by atoms with Gasteiger partial charge in [-0.25, -0.2) is 9.59 Å². The van der Waals surface area contributed by atoms with E-state index in [-0.39, 0.29) is 11.6 Å². The molecule has 0 aliphatic rings. The maximum atomic E-state index is 12.0. The highest BCUT2D eigenvalue weighted by atomic mass is 35.5. The molecule has 2 aromatic carbocycles. The minimum Gasteiger partial charge on any atom is -0.465 e. The number of hydrogen-bond acceptors (Lipinski definition) is 5. The first-order chi connectivity index (χ1) is 12.8. The Morgan fingerprint density at radius 1 is 0.963 bits per heavy atom. The lowest BCUT2D eigenvalue weighted by Crippen LogP contribution is -2.31. The maximum Gasteiger partial charge on any atom is 0.338 e. The lowest BCUT2D eigenvalue weighted by atomic mass is 10.1. The van der Waals surface area contributed by atoms with Crippen molar-refractivity contribution in [1.82, 2.24) is 5.32 Å². The molecular weight excluding hydrogens is 393 g/mol. The van der Waals surface area contributed by atoms with Crippen LogP contribution in [-0.4, -0.2) is 31.6 Å². The topological polar surface area (TPSA) is 81.7 Å². The fourth-order valence-corrected chi connectivity index (χ4v) is 2.53. The number of carbonyl (C=O) groups is 3. The highest BCUT2D eigenvalue weighted by molar-refractivity contribution is 6.42. The quantitative estimate of drug-likeness (QED) is 0.733. The second-order valence-electron chi connectivity index (χ2n) is 5.61. The zero-order valence-corrected chi connectivity index (χ0v) is 16.1. The molecule has 2 rings (SSSR count). The van der Waals surface area contributed by atoms with E-state index in [1.54, 1.807) is 25.1 Å². The first kappa shape index (κ1) is 20.7. The Bertz CT molecular complexity index is 852. The standard InChI is InChI=1S/C19H17Cl2NO5/c1-11(14-7-8-15(20)16(21)9-14)22-17(23)10-27-19(25)13-5-3-12(4-6-13)18(24)26-2/h3-9,11H,10H2,1-2H3,(H,22,23)/t11-/m0/s1. The van der Waals surface area contributed by atoms with Gasteiger partial charge in [0.25, 0.3) is 5.91 Å². The summed E-state index contributed by atoms with van der Waals surface area (Å²) in [5.74, 6) is -1.65. The predicted octanol–water partition coefficient (Wildman–Crippen LogP) is 3.81. The molecule has 1 amide bonds. The normalized spacial score (nSPS) is 11.4. The second kappa shape index (κ2) is 9.39. The molecule has 6 nitrogen and oxygen atoms in total. The van der Waals surface area contributed by atoms with Crippen LogP contribution in [0.25, 0.3) is 0 Å². The summed E-state index contributed by atoms with van der Waals surface area (Å²) in [5, 5.41) is 3.51. The molecule has 0 radical (unpaired) electrons. The smallest absolute Gasteiger partial charge is 0.338 e. The van der Waals surface area contributed by atoms with Gasteiger partial charge in [0.05, 0.1) is 34.3 Å². The van der Waals surface area contributed by atoms with Crippen molar-refractivity contribution in [3.8, 4) is 0 Å². The molecule has 2 aromatic rings. The van der Waals surface area contributed by atoms with Crippen molar-refractivity contribution < 1.29 is 23.9 Å². The molecule has 0 saturated heterocycles. The summed E-state index contributed by atoms with van der Waals surface area (Å²) < 4.78 is 9.56. The molecular formula is C19H17Cl2NO5. The van der Waals surface area contributed by atoms with Crippen molar-refractivity contribution in [3.63, 3.8) is 0 Å². The Labute approximate surface area is 166 Å². The fourth-order valence-electron chi connectivity index (χ4n) is 2.22. The van der Waals surface area contributed by atoms with Crippen LogP contribution in [0.5, 0.6) is 0 Å². The van der Waals surface area contributed by atoms with Gasteiger partial charge in [0, 0.05) is 0 Å². The third-order valence-electron chi connectivity index (χ3n) is 3.70. The van der Waals surface area contributed by atoms with Crippen molar-refractivity contribution in [3.05, 3.63) is 69.2 Å². The molecule has 0 aliphatic heterocycles. The molecule has 0 heterocycles. The summed E-state index contributed by atoms with van der Waals surface area (Å²) in [6, 6.07) is 10.4. The van der Waals surface area contributed by atoms with E-state index in [1.807, 2.05) is 0 Å². The van der Waals surface area contributed by atoms with E-state index >= 15 is 0 Å². The highest BCUT2D eigenvalue weighted by Crippen LogP contribution is 2.25. The van der Waals surface area contributed by atoms with Gasteiger partial charge in [-0.2, -0.15) is 0 Å². The molecule has 0 bridgehead atoms. The van der Waals surface area contributed by atoms with Crippen molar-refractivity contribution in [1.29, 1.82) is 0 Å². The van der Waals surface area contributed by atoms with Crippen LogP contribution in [0.15, 0.2) is 42.5 Å². The zero-order chi connectivity index (χ0) is 20.0. The van der Waals surface area contributed by atoms with Gasteiger partial charge < -0.3 is 14.8 Å². The number of carbonyl (C=O) groups excluding carboxylic acids is 3. The number of rotatable bonds is 6. The van der Waals surface area contributed by atoms with Crippen LogP contribution < -0.4 is 5.32 Å². The Morgan fingerprint density at radius 3 is 2.11 bits per heavy atom. The van der Waals surface area contributed by atoms with E-state index < -0.39 is 24.5 Å². The molecule has 1 N–H and O–H groups in total. The van der Waals surface area contributed by atoms with Crippen LogP contribution in [0.3, 0.4) is 0 Å². The number of methoxy groups -OCH3 is 1. The van der Waals surface area contributed by atoms with Gasteiger partial charge in [-0.1, -0.05) is 29.3 Å². The number of halogens is 2. The molecule has 0 spiro atoms. The number of ether oxygens (including phenoxy) is 2. The third kappa shape index (κ3) is 5.70. The van der Waals surface area contributed by atoms with Gasteiger partial charge in [-0.3, -0.25) is 4.79 Å². The molecule has 1 atom stereocenters.